The van der Waals surface area contributed by atoms with Gasteiger partial charge in [0.15, 0.2) is 10.8 Å². The Morgan fingerprint density at radius 2 is 1.21 bits per heavy atom. The molecule has 1 aliphatic carbocycles. The van der Waals surface area contributed by atoms with Crippen LogP contribution in [0.3, 0.4) is 0 Å². The second kappa shape index (κ2) is 3.73. The number of nitrogens with zero attached hydrogens (tertiary/aromatic N) is 4. The zero-order chi connectivity index (χ0) is 14.3. The highest BCUT2D eigenvalue weighted by Gasteiger charge is 2.90. The third-order valence-electron chi connectivity index (χ3n) is 4.09. The summed E-state index contributed by atoms with van der Waals surface area (Å²) < 4.78 is 0. The van der Waals surface area contributed by atoms with Crippen molar-refractivity contribution >= 4 is 11.6 Å². The molecule has 19 heavy (non-hydrogen) atoms. The van der Waals surface area contributed by atoms with Crippen LogP contribution in [0.1, 0.15) is 12.5 Å². The molecule has 1 aliphatic rings. The molecule has 0 amide bonds. The van der Waals surface area contributed by atoms with Crippen LogP contribution in [0, 0.1) is 56.2 Å². The summed E-state index contributed by atoms with van der Waals surface area (Å²) in [6, 6.07) is 13.9. The van der Waals surface area contributed by atoms with Crippen molar-refractivity contribution in [2.75, 3.05) is 0 Å². The molecule has 1 aromatic carbocycles. The predicted octanol–water partition coefficient (Wildman–Crippen LogP) is 2.68. The second-order valence-electron chi connectivity index (χ2n) is 4.58. The first-order chi connectivity index (χ1) is 8.99. The summed E-state index contributed by atoms with van der Waals surface area (Å²) in [6.45, 7) is 1.59. The maximum Gasteiger partial charge on any atom is 0.188 e. The topological polar surface area (TPSA) is 95.2 Å². The van der Waals surface area contributed by atoms with Crippen molar-refractivity contribution in [3.05, 3.63) is 34.9 Å². The van der Waals surface area contributed by atoms with Gasteiger partial charge in [0.2, 0.25) is 0 Å². The van der Waals surface area contributed by atoms with E-state index in [4.69, 9.17) is 11.6 Å². The van der Waals surface area contributed by atoms with Crippen LogP contribution >= 0.6 is 11.6 Å². The van der Waals surface area contributed by atoms with E-state index in [0.717, 1.165) is 0 Å². The highest BCUT2D eigenvalue weighted by molar-refractivity contribution is 6.30. The van der Waals surface area contributed by atoms with Gasteiger partial charge in [-0.15, -0.1) is 0 Å². The number of hydrogen-bond acceptors (Lipinski definition) is 4. The molecule has 0 saturated heterocycles. The van der Waals surface area contributed by atoms with Gasteiger partial charge in [0.05, 0.1) is 29.7 Å². The lowest BCUT2D eigenvalue weighted by atomic mass is 9.88. The Balaban J connectivity index is 2.73. The Kier molecular flexibility index (Phi) is 2.54. The maximum atomic E-state index is 9.31. The first-order valence-corrected chi connectivity index (χ1v) is 5.78. The molecule has 1 fully saturated rings. The summed E-state index contributed by atoms with van der Waals surface area (Å²) in [5.41, 5.74) is -3.87. The van der Waals surface area contributed by atoms with Gasteiger partial charge < -0.3 is 0 Å². The quantitative estimate of drug-likeness (QED) is 0.780. The molecule has 0 spiro atoms. The molecule has 0 N–H and O–H groups in total. The van der Waals surface area contributed by atoms with Crippen molar-refractivity contribution in [1.29, 1.82) is 21.0 Å². The molecule has 0 heterocycles. The third-order valence-corrected chi connectivity index (χ3v) is 4.34. The Labute approximate surface area is 115 Å². The minimum Gasteiger partial charge on any atom is -0.196 e. The van der Waals surface area contributed by atoms with Gasteiger partial charge in [0.25, 0.3) is 0 Å². The van der Waals surface area contributed by atoms with Crippen LogP contribution in [0.2, 0.25) is 5.02 Å². The van der Waals surface area contributed by atoms with Gasteiger partial charge in [-0.05, 0) is 17.7 Å². The molecule has 0 atom stereocenters. The summed E-state index contributed by atoms with van der Waals surface area (Å²) in [4.78, 5) is 0. The number of benzene rings is 1. The normalized spacial score (nSPS) is 20.1. The van der Waals surface area contributed by atoms with Crippen molar-refractivity contribution in [1.82, 2.24) is 0 Å². The van der Waals surface area contributed by atoms with E-state index in [9.17, 15) is 21.0 Å². The third kappa shape index (κ3) is 1.10. The van der Waals surface area contributed by atoms with Crippen molar-refractivity contribution in [2.24, 2.45) is 10.8 Å². The molecule has 0 aromatic heterocycles. The van der Waals surface area contributed by atoms with E-state index in [1.54, 1.807) is 31.2 Å². The van der Waals surface area contributed by atoms with Gasteiger partial charge in [-0.25, -0.2) is 0 Å². The lowest BCUT2D eigenvalue weighted by Crippen LogP contribution is -2.13. The SMILES string of the molecule is CC1(c2ccc(Cl)cc2)C(C#N)(C#N)C1(C#N)C#N. The van der Waals surface area contributed by atoms with Crippen molar-refractivity contribution in [3.8, 4) is 24.3 Å². The van der Waals surface area contributed by atoms with E-state index >= 15 is 0 Å². The average Bonchev–Trinajstić information content (AvgIpc) is 2.93. The minimum atomic E-state index is -1.66. The molecular weight excluding hydrogens is 260 g/mol. The van der Waals surface area contributed by atoms with Crippen LogP contribution in [0.5, 0.6) is 0 Å². The molecule has 1 saturated carbocycles. The summed E-state index contributed by atoms with van der Waals surface area (Å²) in [5, 5.41) is 37.7. The van der Waals surface area contributed by atoms with Crippen LogP contribution in [-0.4, -0.2) is 0 Å². The van der Waals surface area contributed by atoms with E-state index in [2.05, 4.69) is 0 Å². The minimum absolute atomic E-state index is 0.507. The van der Waals surface area contributed by atoms with E-state index in [0.29, 0.717) is 10.6 Å². The highest BCUT2D eigenvalue weighted by atomic mass is 35.5. The fourth-order valence-corrected chi connectivity index (χ4v) is 2.89. The average molecular weight is 267 g/mol. The molecule has 2 rings (SSSR count). The summed E-state index contributed by atoms with van der Waals surface area (Å²) in [5.74, 6) is 0. The molecule has 0 radical (unpaired) electrons. The van der Waals surface area contributed by atoms with Crippen LogP contribution in [0.4, 0.5) is 0 Å². The van der Waals surface area contributed by atoms with Gasteiger partial charge in [0, 0.05) is 5.02 Å². The Bertz CT molecular complexity index is 640. The van der Waals surface area contributed by atoms with Crippen LogP contribution in [0.15, 0.2) is 24.3 Å². The Hall–Kier alpha value is -2.53. The lowest BCUT2D eigenvalue weighted by Gasteiger charge is -2.11. The Morgan fingerprint density at radius 1 is 0.842 bits per heavy atom. The maximum absolute atomic E-state index is 9.31. The fraction of sp³-hybridized carbons (Fsp3) is 0.286. The van der Waals surface area contributed by atoms with E-state index in [1.165, 1.54) is 0 Å². The standard InChI is InChI=1S/C14H7ClN4/c1-12(10-2-4-11(15)5-3-10)13(6-16,7-17)14(12,8-18)9-19/h2-5H,1H3. The van der Waals surface area contributed by atoms with Crippen LogP contribution in [-0.2, 0) is 5.41 Å². The first-order valence-electron chi connectivity index (χ1n) is 5.40. The Morgan fingerprint density at radius 3 is 1.53 bits per heavy atom. The number of halogens is 1. The second-order valence-corrected chi connectivity index (χ2v) is 5.02. The molecule has 90 valence electrons. The summed E-state index contributed by atoms with van der Waals surface area (Å²) >= 11 is 5.80. The monoisotopic (exact) mass is 266 g/mol. The number of nitriles is 4. The molecule has 4 nitrogen and oxygen atoms in total. The van der Waals surface area contributed by atoms with E-state index in [-0.39, 0.29) is 0 Å². The van der Waals surface area contributed by atoms with Gasteiger partial charge >= 0.3 is 0 Å². The number of hydrogen-bond donors (Lipinski definition) is 0. The molecule has 5 heteroatoms. The highest BCUT2D eigenvalue weighted by Crippen LogP contribution is 2.77. The van der Waals surface area contributed by atoms with Crippen LogP contribution in [0.25, 0.3) is 0 Å². The lowest BCUT2D eigenvalue weighted by molar-refractivity contribution is 0.651. The van der Waals surface area contributed by atoms with Gasteiger partial charge in [-0.2, -0.15) is 21.0 Å². The molecule has 0 unspecified atom stereocenters. The zero-order valence-corrected chi connectivity index (χ0v) is 10.7. The largest absolute Gasteiger partial charge is 0.196 e. The van der Waals surface area contributed by atoms with E-state index in [1.807, 2.05) is 24.3 Å². The van der Waals surface area contributed by atoms with Gasteiger partial charge in [0.1, 0.15) is 0 Å². The summed E-state index contributed by atoms with van der Waals surface area (Å²) in [6.07, 6.45) is 0. The predicted molar refractivity (Wildman–Crippen MR) is 66.1 cm³/mol. The fourth-order valence-electron chi connectivity index (χ4n) is 2.77. The molecule has 0 aliphatic heterocycles. The summed E-state index contributed by atoms with van der Waals surface area (Å²) in [7, 11) is 0. The first kappa shape index (κ1) is 12.9. The van der Waals surface area contributed by atoms with Crippen LogP contribution < -0.4 is 0 Å². The zero-order valence-electron chi connectivity index (χ0n) is 9.98. The number of rotatable bonds is 1. The molecule has 0 bridgehead atoms. The van der Waals surface area contributed by atoms with Gasteiger partial charge in [-0.3, -0.25) is 0 Å². The molecular formula is C14H7ClN4. The van der Waals surface area contributed by atoms with Crippen molar-refractivity contribution < 1.29 is 0 Å². The smallest absolute Gasteiger partial charge is 0.188 e. The van der Waals surface area contributed by atoms with Gasteiger partial charge in [-0.1, -0.05) is 30.7 Å². The van der Waals surface area contributed by atoms with Crippen molar-refractivity contribution in [3.63, 3.8) is 0 Å². The van der Waals surface area contributed by atoms with E-state index < -0.39 is 16.2 Å². The molecule has 1 aromatic rings. The van der Waals surface area contributed by atoms with Crippen molar-refractivity contribution in [2.45, 2.75) is 12.3 Å².